The summed E-state index contributed by atoms with van der Waals surface area (Å²) in [6, 6.07) is 17.2. The van der Waals surface area contributed by atoms with Gasteiger partial charge in [-0.25, -0.2) is 0 Å². The SMILES string of the molecule is CC(C)[OH+]c1ccccc1[CH]=[Ru][Cl].Cc1cc(C)c(N2[CH-]N(c3c(C)cc(C)cc3C)CC2)c(C)c1.F[C-](F)F. The molecule has 8 heteroatoms. The van der Waals surface area contributed by atoms with Gasteiger partial charge < -0.3 is 23.0 Å². The van der Waals surface area contributed by atoms with Gasteiger partial charge in [-0.15, -0.1) is 0 Å². The second kappa shape index (κ2) is 16.2. The Balaban J connectivity index is 0.000000278. The molecule has 40 heavy (non-hydrogen) atoms. The Morgan fingerprint density at radius 3 is 1.60 bits per heavy atom. The molecule has 1 heterocycles. The third-order valence-corrected chi connectivity index (χ3v) is 7.38. The fourth-order valence-corrected chi connectivity index (χ4v) is 6.22. The summed E-state index contributed by atoms with van der Waals surface area (Å²) in [5.41, 5.74) is 12.0. The van der Waals surface area contributed by atoms with E-state index in [9.17, 15) is 13.2 Å². The molecule has 1 N–H and O–H groups in total. The molecule has 0 bridgehead atoms. The first kappa shape index (κ1) is 33.8. The van der Waals surface area contributed by atoms with Gasteiger partial charge in [-0.1, -0.05) is 35.4 Å². The summed E-state index contributed by atoms with van der Waals surface area (Å²) < 4.78 is 35.3. The van der Waals surface area contributed by atoms with Crippen molar-refractivity contribution in [2.24, 2.45) is 0 Å². The van der Waals surface area contributed by atoms with Crippen molar-refractivity contribution in [2.45, 2.75) is 61.5 Å². The van der Waals surface area contributed by atoms with E-state index in [4.69, 9.17) is 9.69 Å². The molecule has 221 valence electrons. The number of ether oxygens (including phenoxy) is 1. The maximum Gasteiger partial charge on any atom is 0.154 e. The smallest absolute Gasteiger partial charge is 0.154 e. The molecule has 1 fully saturated rings. The van der Waals surface area contributed by atoms with Gasteiger partial charge in [0.25, 0.3) is 0 Å². The zero-order valence-electron chi connectivity index (χ0n) is 24.5. The zero-order chi connectivity index (χ0) is 30.0. The van der Waals surface area contributed by atoms with Crippen molar-refractivity contribution >= 4 is 25.7 Å². The fraction of sp³-hybridized carbons (Fsp3) is 0.344. The van der Waals surface area contributed by atoms with Crippen molar-refractivity contribution < 1.29 is 33.6 Å². The Bertz CT molecular complexity index is 1170. The minimum Gasteiger partial charge on any atom is -0.502 e. The monoisotopic (exact) mass is 662 g/mol. The van der Waals surface area contributed by atoms with Gasteiger partial charge in [-0.3, -0.25) is 0 Å². The second-order valence-electron chi connectivity index (χ2n) is 10.2. The molecule has 0 amide bonds. The number of hydrogen-bond acceptors (Lipinski definition) is 2. The number of aryl methyl sites for hydroxylation is 6. The van der Waals surface area contributed by atoms with Crippen LogP contribution in [0.2, 0.25) is 0 Å². The summed E-state index contributed by atoms with van der Waals surface area (Å²) in [6.07, 6.45) is 0.334. The van der Waals surface area contributed by atoms with Gasteiger partial charge >= 0.3 is 90.3 Å². The van der Waals surface area contributed by atoms with Crippen LogP contribution in [0.4, 0.5) is 24.5 Å². The minimum atomic E-state index is -3.08. The van der Waals surface area contributed by atoms with Crippen molar-refractivity contribution in [1.29, 1.82) is 0 Å². The average Bonchev–Trinajstić information content (AvgIpc) is 3.28. The number of rotatable bonds is 5. The summed E-state index contributed by atoms with van der Waals surface area (Å²) in [5, 5.41) is 0. The van der Waals surface area contributed by atoms with Gasteiger partial charge in [-0.05, 0) is 63.8 Å². The van der Waals surface area contributed by atoms with Crippen molar-refractivity contribution in [3.8, 4) is 5.75 Å². The Morgan fingerprint density at radius 1 is 0.825 bits per heavy atom. The number of aliphatic hydroxyl groups is 1. The fourth-order valence-electron chi connectivity index (χ4n) is 5.10. The topological polar surface area (TPSA) is 19.3 Å². The minimum absolute atomic E-state index is 0.171. The van der Waals surface area contributed by atoms with E-state index >= 15 is 0 Å². The molecule has 3 nitrogen and oxygen atoms in total. The van der Waals surface area contributed by atoms with Crippen LogP contribution >= 0.6 is 9.69 Å². The number of hydrogen-bond donors (Lipinski definition) is 0. The molecule has 0 aliphatic carbocycles. The van der Waals surface area contributed by atoms with E-state index < -0.39 is 6.68 Å². The Morgan fingerprint density at radius 2 is 1.23 bits per heavy atom. The van der Waals surface area contributed by atoms with E-state index in [1.54, 1.807) is 0 Å². The number of nitrogens with zero attached hydrogens (tertiary/aromatic N) is 2. The van der Waals surface area contributed by atoms with Crippen molar-refractivity contribution in [3.05, 3.63) is 101 Å². The van der Waals surface area contributed by atoms with E-state index in [-0.39, 0.29) is 15.7 Å². The maximum absolute atomic E-state index is 9.58. The Labute approximate surface area is 249 Å². The normalized spacial score (nSPS) is 13.2. The van der Waals surface area contributed by atoms with Crippen LogP contribution < -0.4 is 9.80 Å². The van der Waals surface area contributed by atoms with Crippen LogP contribution in [0.15, 0.2) is 48.5 Å². The molecule has 0 saturated carbocycles. The van der Waals surface area contributed by atoms with Gasteiger partial charge in [-0.2, -0.15) is 6.67 Å². The first-order valence-corrected chi connectivity index (χ1v) is 16.3. The molecule has 0 spiro atoms. The summed E-state index contributed by atoms with van der Waals surface area (Å²) in [5.74, 6) is 1.05. The van der Waals surface area contributed by atoms with Crippen LogP contribution in [0.1, 0.15) is 52.8 Å². The van der Waals surface area contributed by atoms with Gasteiger partial charge in [0.05, 0.1) is 0 Å². The number of para-hydroxylation sites is 1. The molecule has 0 unspecified atom stereocenters. The standard InChI is InChI=1S/C21H27N2.C10H12O.CF3.ClH.Ru/c1-14-9-16(3)20(17(4)10-14)22-7-8-23(13-22)21-18(5)11-15(2)12-19(21)6;1-8(2)11-10-7-5-4-6-9(10)3;2-1(3)4;;/h9-13H,7-8H2,1-6H3;3-8H,1-2H3;;1H;/q-1;;-1;;+1. The molecule has 0 atom stereocenters. The molecule has 1 aliphatic rings. The summed E-state index contributed by atoms with van der Waals surface area (Å²) in [4.78, 5) is 4.81. The van der Waals surface area contributed by atoms with Crippen LogP contribution in [-0.4, -0.2) is 28.5 Å². The first-order valence-electron chi connectivity index (χ1n) is 13.1. The molecule has 0 radical (unpaired) electrons. The largest absolute Gasteiger partial charge is 0.502 e. The van der Waals surface area contributed by atoms with E-state index in [0.29, 0.717) is 6.10 Å². The van der Waals surface area contributed by atoms with E-state index in [2.05, 4.69) is 112 Å². The zero-order valence-corrected chi connectivity index (χ0v) is 27.0. The van der Waals surface area contributed by atoms with Crippen LogP contribution in [0.5, 0.6) is 5.75 Å². The van der Waals surface area contributed by atoms with Gasteiger partial charge in [0.1, 0.15) is 0 Å². The molecular formula is C32H40ClF3N2ORu-. The molecule has 0 aromatic heterocycles. The average molecular weight is 662 g/mol. The molecular weight excluding hydrogens is 622 g/mol. The maximum atomic E-state index is 9.58. The number of aromatic hydroxyl groups is 1. The predicted octanol–water partition coefficient (Wildman–Crippen LogP) is 9.05. The molecule has 4 rings (SSSR count). The van der Waals surface area contributed by atoms with E-state index in [1.807, 2.05) is 18.2 Å². The van der Waals surface area contributed by atoms with Crippen molar-refractivity contribution in [3.63, 3.8) is 0 Å². The van der Waals surface area contributed by atoms with Gasteiger partial charge in [0, 0.05) is 24.5 Å². The number of anilines is 2. The quantitative estimate of drug-likeness (QED) is 0.154. The molecule has 3 aromatic carbocycles. The summed E-state index contributed by atoms with van der Waals surface area (Å²) in [6.45, 7) is 18.6. The summed E-state index contributed by atoms with van der Waals surface area (Å²) in [7, 11) is 5.74. The third kappa shape index (κ3) is 10.2. The second-order valence-corrected chi connectivity index (χ2v) is 12.0. The molecule has 1 saturated heterocycles. The van der Waals surface area contributed by atoms with Crippen molar-refractivity contribution in [2.75, 3.05) is 22.9 Å². The first-order chi connectivity index (χ1) is 18.8. The Hall–Kier alpha value is -2.37. The van der Waals surface area contributed by atoms with E-state index in [1.165, 1.54) is 44.8 Å². The Kier molecular flexibility index (Phi) is 13.7. The van der Waals surface area contributed by atoms with Gasteiger partial charge in [0.15, 0.2) is 6.68 Å². The third-order valence-electron chi connectivity index (χ3n) is 6.19. The number of halogens is 4. The summed E-state index contributed by atoms with van der Waals surface area (Å²) >= 11 is -0.171. The van der Waals surface area contributed by atoms with Crippen LogP contribution in [0, 0.1) is 54.9 Å². The molecule has 3 aromatic rings. The van der Waals surface area contributed by atoms with Crippen LogP contribution in [-0.2, 0) is 15.7 Å². The number of benzene rings is 3. The van der Waals surface area contributed by atoms with Crippen LogP contribution in [0.3, 0.4) is 0 Å². The van der Waals surface area contributed by atoms with Crippen molar-refractivity contribution in [1.82, 2.24) is 0 Å². The molecule has 1 aliphatic heterocycles. The van der Waals surface area contributed by atoms with E-state index in [0.717, 1.165) is 24.4 Å². The predicted molar refractivity (Wildman–Crippen MR) is 161 cm³/mol. The van der Waals surface area contributed by atoms with Crippen LogP contribution in [0.25, 0.3) is 0 Å². The van der Waals surface area contributed by atoms with Gasteiger partial charge in [0.2, 0.25) is 0 Å².